The van der Waals surface area contributed by atoms with Crippen LogP contribution in [0.15, 0.2) is 48.5 Å². The number of hydrogen-bond acceptors (Lipinski definition) is 4. The van der Waals surface area contributed by atoms with Gasteiger partial charge in [0.25, 0.3) is 0 Å². The quantitative estimate of drug-likeness (QED) is 0.512. The first-order chi connectivity index (χ1) is 10.7. The first-order valence-corrected chi connectivity index (χ1v) is 6.87. The van der Waals surface area contributed by atoms with E-state index in [0.717, 1.165) is 11.1 Å². The molecule has 0 radical (unpaired) electrons. The van der Waals surface area contributed by atoms with Crippen molar-refractivity contribution in [3.8, 4) is 11.8 Å². The Balaban J connectivity index is 1.61. The van der Waals surface area contributed by atoms with Crippen LogP contribution in [-0.2, 0) is 16.0 Å². The molecular weight excluding hydrogens is 279 g/mol. The number of carbonyl (C=O) groups is 1. The van der Waals surface area contributed by atoms with Gasteiger partial charge in [0.1, 0.15) is 0 Å². The Bertz CT molecular complexity index is 746. The number of benzene rings is 2. The SMILES string of the molecule is O=C(OCC#Cc1ccccc1)c1ccc2c(c1)B(O)OC2. The van der Waals surface area contributed by atoms with Crippen LogP contribution in [0.25, 0.3) is 0 Å². The lowest BCUT2D eigenvalue weighted by Gasteiger charge is -2.03. The molecule has 1 heterocycles. The molecule has 5 heteroatoms. The zero-order valence-electron chi connectivity index (χ0n) is 11.8. The summed E-state index contributed by atoms with van der Waals surface area (Å²) in [6, 6.07) is 14.5. The van der Waals surface area contributed by atoms with Crippen LogP contribution in [0.3, 0.4) is 0 Å². The number of ether oxygens (including phenoxy) is 1. The highest BCUT2D eigenvalue weighted by Gasteiger charge is 2.28. The summed E-state index contributed by atoms with van der Waals surface area (Å²) in [4.78, 5) is 12.0. The average molecular weight is 292 g/mol. The Labute approximate surface area is 128 Å². The highest BCUT2D eigenvalue weighted by atomic mass is 16.5. The van der Waals surface area contributed by atoms with E-state index in [4.69, 9.17) is 9.39 Å². The number of fused-ring (bicyclic) bond motifs is 1. The molecule has 22 heavy (non-hydrogen) atoms. The molecular formula is C17H13BO4. The number of rotatable bonds is 2. The fourth-order valence-electron chi connectivity index (χ4n) is 2.19. The van der Waals surface area contributed by atoms with Crippen molar-refractivity contribution in [3.05, 3.63) is 65.2 Å². The Morgan fingerprint density at radius 1 is 1.27 bits per heavy atom. The average Bonchev–Trinajstić information content (AvgIpc) is 2.93. The maximum Gasteiger partial charge on any atom is 0.491 e. The summed E-state index contributed by atoms with van der Waals surface area (Å²) >= 11 is 0. The first-order valence-electron chi connectivity index (χ1n) is 6.87. The van der Waals surface area contributed by atoms with Crippen molar-refractivity contribution in [2.45, 2.75) is 6.61 Å². The molecule has 2 aromatic rings. The van der Waals surface area contributed by atoms with E-state index in [2.05, 4.69) is 11.8 Å². The second-order valence-corrected chi connectivity index (χ2v) is 4.82. The van der Waals surface area contributed by atoms with Crippen molar-refractivity contribution in [3.63, 3.8) is 0 Å². The van der Waals surface area contributed by atoms with Crippen LogP contribution in [0, 0.1) is 11.8 Å². The smallest absolute Gasteiger partial charge is 0.449 e. The van der Waals surface area contributed by atoms with Crippen LogP contribution in [0.5, 0.6) is 0 Å². The third kappa shape index (κ3) is 3.20. The molecule has 0 atom stereocenters. The van der Waals surface area contributed by atoms with Gasteiger partial charge in [-0.2, -0.15) is 0 Å². The van der Waals surface area contributed by atoms with Crippen molar-refractivity contribution >= 4 is 18.6 Å². The normalized spacial score (nSPS) is 12.3. The van der Waals surface area contributed by atoms with Crippen LogP contribution < -0.4 is 5.46 Å². The molecule has 1 N–H and O–H groups in total. The minimum absolute atomic E-state index is 0.0177. The van der Waals surface area contributed by atoms with E-state index >= 15 is 0 Å². The van der Waals surface area contributed by atoms with Gasteiger partial charge in [-0.1, -0.05) is 36.1 Å². The van der Waals surface area contributed by atoms with Gasteiger partial charge in [-0.25, -0.2) is 4.79 Å². The summed E-state index contributed by atoms with van der Waals surface area (Å²) in [5.74, 6) is 5.24. The minimum Gasteiger partial charge on any atom is -0.449 e. The van der Waals surface area contributed by atoms with Crippen LogP contribution in [0.1, 0.15) is 21.5 Å². The molecule has 1 aliphatic heterocycles. The number of carbonyl (C=O) groups excluding carboxylic acids is 1. The van der Waals surface area contributed by atoms with Crippen molar-refractivity contribution < 1.29 is 19.2 Å². The number of esters is 1. The van der Waals surface area contributed by atoms with E-state index in [1.54, 1.807) is 18.2 Å². The van der Waals surface area contributed by atoms with Crippen molar-refractivity contribution in [2.24, 2.45) is 0 Å². The summed E-state index contributed by atoms with van der Waals surface area (Å²) < 4.78 is 10.2. The molecule has 2 aromatic carbocycles. The molecule has 0 aromatic heterocycles. The molecule has 0 amide bonds. The van der Waals surface area contributed by atoms with Gasteiger partial charge in [0.15, 0.2) is 6.61 Å². The van der Waals surface area contributed by atoms with Gasteiger partial charge in [0.05, 0.1) is 12.2 Å². The van der Waals surface area contributed by atoms with E-state index in [9.17, 15) is 9.82 Å². The Morgan fingerprint density at radius 3 is 2.91 bits per heavy atom. The summed E-state index contributed by atoms with van der Waals surface area (Å²) in [6.45, 7) is 0.373. The van der Waals surface area contributed by atoms with Gasteiger partial charge in [0.2, 0.25) is 0 Å². The van der Waals surface area contributed by atoms with Crippen LogP contribution in [0.4, 0.5) is 0 Å². The summed E-state index contributed by atoms with van der Waals surface area (Å²) in [5.41, 5.74) is 2.75. The highest BCUT2D eigenvalue weighted by molar-refractivity contribution is 6.61. The van der Waals surface area contributed by atoms with Crippen LogP contribution in [-0.4, -0.2) is 24.7 Å². The predicted molar refractivity (Wildman–Crippen MR) is 82.4 cm³/mol. The van der Waals surface area contributed by atoms with Gasteiger partial charge in [0, 0.05) is 5.56 Å². The molecule has 0 fully saturated rings. The van der Waals surface area contributed by atoms with E-state index in [0.29, 0.717) is 17.6 Å². The maximum atomic E-state index is 12.0. The molecule has 0 unspecified atom stereocenters. The predicted octanol–water partition coefficient (Wildman–Crippen LogP) is 1.11. The van der Waals surface area contributed by atoms with Gasteiger partial charge >= 0.3 is 13.1 Å². The summed E-state index contributed by atoms with van der Waals surface area (Å²) in [7, 11) is -0.972. The lowest BCUT2D eigenvalue weighted by atomic mass is 9.79. The maximum absolute atomic E-state index is 12.0. The Kier molecular flexibility index (Phi) is 4.24. The Hall–Kier alpha value is -2.55. The molecule has 0 saturated carbocycles. The monoisotopic (exact) mass is 292 g/mol. The molecule has 0 aliphatic carbocycles. The van der Waals surface area contributed by atoms with Gasteiger partial charge in [-0.15, -0.1) is 0 Å². The van der Waals surface area contributed by atoms with E-state index in [1.165, 1.54) is 0 Å². The van der Waals surface area contributed by atoms with Crippen molar-refractivity contribution in [2.75, 3.05) is 6.61 Å². The Morgan fingerprint density at radius 2 is 2.09 bits per heavy atom. The second-order valence-electron chi connectivity index (χ2n) is 4.82. The zero-order valence-corrected chi connectivity index (χ0v) is 11.8. The van der Waals surface area contributed by atoms with E-state index in [-0.39, 0.29) is 6.61 Å². The second kappa shape index (κ2) is 6.48. The largest absolute Gasteiger partial charge is 0.491 e. The van der Waals surface area contributed by atoms with Crippen molar-refractivity contribution in [1.29, 1.82) is 0 Å². The lowest BCUT2D eigenvalue weighted by molar-refractivity contribution is 0.0557. The summed E-state index contributed by atoms with van der Waals surface area (Å²) in [6.07, 6.45) is 0. The third-order valence-corrected chi connectivity index (χ3v) is 3.33. The lowest BCUT2D eigenvalue weighted by Crippen LogP contribution is -2.28. The third-order valence-electron chi connectivity index (χ3n) is 3.33. The van der Waals surface area contributed by atoms with Gasteiger partial charge in [-0.05, 0) is 35.3 Å². The van der Waals surface area contributed by atoms with Crippen molar-refractivity contribution in [1.82, 2.24) is 0 Å². The van der Waals surface area contributed by atoms with Crippen LogP contribution >= 0.6 is 0 Å². The minimum atomic E-state index is -0.972. The van der Waals surface area contributed by atoms with Gasteiger partial charge < -0.3 is 14.4 Å². The zero-order chi connectivity index (χ0) is 15.4. The summed E-state index contributed by atoms with van der Waals surface area (Å²) in [5, 5.41) is 9.63. The first kappa shape index (κ1) is 14.4. The van der Waals surface area contributed by atoms with E-state index < -0.39 is 13.1 Å². The molecule has 4 nitrogen and oxygen atoms in total. The fraction of sp³-hybridized carbons (Fsp3) is 0.118. The topological polar surface area (TPSA) is 55.8 Å². The molecule has 3 rings (SSSR count). The van der Waals surface area contributed by atoms with E-state index in [1.807, 2.05) is 30.3 Å². The van der Waals surface area contributed by atoms with Gasteiger partial charge in [-0.3, -0.25) is 0 Å². The molecule has 0 saturated heterocycles. The molecule has 1 aliphatic rings. The standard InChI is InChI=1S/C17H13BO4/c19-17(21-10-4-7-13-5-2-1-3-6-13)14-8-9-15-12-22-18(20)16(15)11-14/h1-3,5-6,8-9,11,20H,10,12H2. The fourth-order valence-corrected chi connectivity index (χ4v) is 2.19. The molecule has 0 spiro atoms. The highest BCUT2D eigenvalue weighted by Crippen LogP contribution is 2.12. The van der Waals surface area contributed by atoms with Crippen LogP contribution in [0.2, 0.25) is 0 Å². The molecule has 0 bridgehead atoms. The molecule has 108 valence electrons. The number of hydrogen-bond donors (Lipinski definition) is 1.